The summed E-state index contributed by atoms with van der Waals surface area (Å²) >= 11 is 1.39. The van der Waals surface area contributed by atoms with Gasteiger partial charge in [-0.05, 0) is 30.7 Å². The minimum Gasteiger partial charge on any atom is -0.503 e. The minimum absolute atomic E-state index is 0.0238. The number of rotatable bonds is 7. The highest BCUT2D eigenvalue weighted by molar-refractivity contribution is 7.99. The SMILES string of the molecule is Cc1ccc(Sc2ccc([N+](=O)[O-])cc2CNc2cc([N+](=O)[O-])cc(F)c2O)cc1. The first kappa shape index (κ1) is 21.1. The molecule has 0 aliphatic heterocycles. The molecule has 0 saturated carbocycles. The number of hydrogen-bond acceptors (Lipinski definition) is 7. The number of halogens is 1. The molecule has 10 heteroatoms. The largest absolute Gasteiger partial charge is 0.503 e. The Labute approximate surface area is 174 Å². The van der Waals surface area contributed by atoms with Crippen molar-refractivity contribution in [1.82, 2.24) is 0 Å². The van der Waals surface area contributed by atoms with Gasteiger partial charge in [-0.1, -0.05) is 29.5 Å². The van der Waals surface area contributed by atoms with Gasteiger partial charge < -0.3 is 10.4 Å². The highest BCUT2D eigenvalue weighted by atomic mass is 32.2. The molecule has 0 heterocycles. The molecule has 154 valence electrons. The second kappa shape index (κ2) is 8.78. The third-order valence-corrected chi connectivity index (χ3v) is 5.36. The van der Waals surface area contributed by atoms with Crippen LogP contribution >= 0.6 is 11.8 Å². The zero-order chi connectivity index (χ0) is 21.8. The molecular formula is C20H16FN3O5S. The maximum Gasteiger partial charge on any atom is 0.274 e. The van der Waals surface area contributed by atoms with Crippen molar-refractivity contribution in [2.75, 3.05) is 5.32 Å². The molecule has 0 fully saturated rings. The fourth-order valence-electron chi connectivity index (χ4n) is 2.67. The van der Waals surface area contributed by atoms with Gasteiger partial charge in [-0.2, -0.15) is 0 Å². The van der Waals surface area contributed by atoms with Gasteiger partial charge in [0.25, 0.3) is 11.4 Å². The van der Waals surface area contributed by atoms with Crippen LogP contribution in [0.3, 0.4) is 0 Å². The van der Waals surface area contributed by atoms with Gasteiger partial charge in [0.15, 0.2) is 11.6 Å². The van der Waals surface area contributed by atoms with Gasteiger partial charge in [-0.15, -0.1) is 0 Å². The van der Waals surface area contributed by atoms with Crippen molar-refractivity contribution >= 4 is 28.8 Å². The molecule has 2 N–H and O–H groups in total. The van der Waals surface area contributed by atoms with Gasteiger partial charge in [0, 0.05) is 34.5 Å². The van der Waals surface area contributed by atoms with Crippen molar-refractivity contribution in [3.05, 3.63) is 91.8 Å². The summed E-state index contributed by atoms with van der Waals surface area (Å²) in [6, 6.07) is 13.7. The van der Waals surface area contributed by atoms with E-state index in [1.165, 1.54) is 23.9 Å². The fourth-order valence-corrected chi connectivity index (χ4v) is 3.59. The van der Waals surface area contributed by atoms with Gasteiger partial charge >= 0.3 is 0 Å². The molecule has 30 heavy (non-hydrogen) atoms. The number of non-ortho nitro benzene ring substituents is 2. The van der Waals surface area contributed by atoms with Gasteiger partial charge in [0.1, 0.15) is 0 Å². The van der Waals surface area contributed by atoms with Gasteiger partial charge in [-0.3, -0.25) is 20.2 Å². The molecule has 0 aliphatic rings. The number of nitro groups is 2. The van der Waals surface area contributed by atoms with Crippen molar-refractivity contribution in [3.8, 4) is 5.75 Å². The second-order valence-corrected chi connectivity index (χ2v) is 7.51. The first-order valence-electron chi connectivity index (χ1n) is 8.67. The van der Waals surface area contributed by atoms with E-state index in [2.05, 4.69) is 5.32 Å². The van der Waals surface area contributed by atoms with Crippen molar-refractivity contribution < 1.29 is 19.3 Å². The number of hydrogen-bond donors (Lipinski definition) is 2. The predicted molar refractivity (Wildman–Crippen MR) is 110 cm³/mol. The summed E-state index contributed by atoms with van der Waals surface area (Å²) in [5.41, 5.74) is 0.768. The summed E-state index contributed by atoms with van der Waals surface area (Å²) in [5.74, 6) is -1.90. The van der Waals surface area contributed by atoms with E-state index in [9.17, 15) is 29.7 Å². The Kier molecular flexibility index (Phi) is 6.17. The molecule has 0 amide bonds. The van der Waals surface area contributed by atoms with E-state index in [1.807, 2.05) is 31.2 Å². The molecule has 3 rings (SSSR count). The van der Waals surface area contributed by atoms with Crippen LogP contribution in [-0.4, -0.2) is 15.0 Å². The zero-order valence-electron chi connectivity index (χ0n) is 15.7. The number of nitrogens with one attached hydrogen (secondary N) is 1. The maximum absolute atomic E-state index is 13.8. The number of nitrogens with zero attached hydrogens (tertiary/aromatic N) is 2. The van der Waals surface area contributed by atoms with E-state index in [1.54, 1.807) is 6.07 Å². The van der Waals surface area contributed by atoms with Gasteiger partial charge in [0.2, 0.25) is 0 Å². The average Bonchev–Trinajstić information content (AvgIpc) is 2.71. The number of aryl methyl sites for hydroxylation is 1. The maximum atomic E-state index is 13.8. The van der Waals surface area contributed by atoms with Crippen LogP contribution in [0.15, 0.2) is 64.4 Å². The van der Waals surface area contributed by atoms with E-state index in [4.69, 9.17) is 0 Å². The van der Waals surface area contributed by atoms with Crippen molar-refractivity contribution in [2.45, 2.75) is 23.3 Å². The summed E-state index contributed by atoms with van der Waals surface area (Å²) in [6.45, 7) is 1.93. The normalized spacial score (nSPS) is 10.6. The van der Waals surface area contributed by atoms with E-state index in [0.717, 1.165) is 16.5 Å². The lowest BCUT2D eigenvalue weighted by Crippen LogP contribution is -2.04. The lowest BCUT2D eigenvalue weighted by Gasteiger charge is -2.13. The van der Waals surface area contributed by atoms with Crippen molar-refractivity contribution in [3.63, 3.8) is 0 Å². The Morgan fingerprint density at radius 2 is 1.67 bits per heavy atom. The van der Waals surface area contributed by atoms with Crippen LogP contribution in [0.4, 0.5) is 21.5 Å². The first-order valence-corrected chi connectivity index (χ1v) is 9.49. The third-order valence-electron chi connectivity index (χ3n) is 4.23. The first-order chi connectivity index (χ1) is 14.2. The summed E-state index contributed by atoms with van der Waals surface area (Å²) in [4.78, 5) is 22.4. The second-order valence-electron chi connectivity index (χ2n) is 6.40. The third kappa shape index (κ3) is 4.84. The van der Waals surface area contributed by atoms with Crippen LogP contribution in [0.5, 0.6) is 5.75 Å². The highest BCUT2D eigenvalue weighted by Crippen LogP contribution is 2.35. The fraction of sp³-hybridized carbons (Fsp3) is 0.100. The van der Waals surface area contributed by atoms with Crippen LogP contribution in [0.1, 0.15) is 11.1 Å². The molecule has 0 saturated heterocycles. The molecule has 0 unspecified atom stereocenters. The summed E-state index contributed by atoms with van der Waals surface area (Å²) in [7, 11) is 0. The van der Waals surface area contributed by atoms with Gasteiger partial charge in [0.05, 0.1) is 21.6 Å². The van der Waals surface area contributed by atoms with Crippen molar-refractivity contribution in [2.24, 2.45) is 0 Å². The highest BCUT2D eigenvalue weighted by Gasteiger charge is 2.17. The lowest BCUT2D eigenvalue weighted by molar-refractivity contribution is -0.385. The Bertz CT molecular complexity index is 1120. The Hall–Kier alpha value is -3.66. The number of nitro benzene ring substituents is 2. The molecule has 0 aromatic heterocycles. The molecule has 0 bridgehead atoms. The molecule has 0 aliphatic carbocycles. The number of anilines is 1. The van der Waals surface area contributed by atoms with Crippen LogP contribution in [0, 0.1) is 33.0 Å². The average molecular weight is 429 g/mol. The summed E-state index contributed by atoms with van der Waals surface area (Å²) in [5, 5.41) is 34.7. The molecule has 0 radical (unpaired) electrons. The number of aromatic hydroxyl groups is 1. The topological polar surface area (TPSA) is 119 Å². The standard InChI is InChI=1S/C20H16FN3O5S/c1-12-2-5-16(6-3-12)30-19-7-4-14(23(26)27)8-13(19)11-22-18-10-15(24(28)29)9-17(21)20(18)25/h2-10,22,25H,11H2,1H3. The number of phenols is 1. The molecule has 0 spiro atoms. The van der Waals surface area contributed by atoms with E-state index < -0.39 is 27.1 Å². The smallest absolute Gasteiger partial charge is 0.274 e. The van der Waals surface area contributed by atoms with Crippen LogP contribution in [0.25, 0.3) is 0 Å². The molecular weight excluding hydrogens is 413 g/mol. The molecule has 3 aromatic rings. The van der Waals surface area contributed by atoms with Gasteiger partial charge in [-0.25, -0.2) is 4.39 Å². The minimum atomic E-state index is -1.14. The Morgan fingerprint density at radius 3 is 2.30 bits per heavy atom. The van der Waals surface area contributed by atoms with E-state index in [-0.39, 0.29) is 17.9 Å². The Morgan fingerprint density at radius 1 is 1.00 bits per heavy atom. The van der Waals surface area contributed by atoms with E-state index in [0.29, 0.717) is 16.5 Å². The van der Waals surface area contributed by atoms with Crippen LogP contribution < -0.4 is 5.32 Å². The lowest BCUT2D eigenvalue weighted by atomic mass is 10.2. The van der Waals surface area contributed by atoms with Crippen LogP contribution in [-0.2, 0) is 6.54 Å². The van der Waals surface area contributed by atoms with Crippen molar-refractivity contribution in [1.29, 1.82) is 0 Å². The van der Waals surface area contributed by atoms with Crippen LogP contribution in [0.2, 0.25) is 0 Å². The monoisotopic (exact) mass is 429 g/mol. The molecule has 8 nitrogen and oxygen atoms in total. The zero-order valence-corrected chi connectivity index (χ0v) is 16.5. The summed E-state index contributed by atoms with van der Waals surface area (Å²) in [6.07, 6.45) is 0. The van der Waals surface area contributed by atoms with E-state index >= 15 is 0 Å². The predicted octanol–water partition coefficient (Wildman–Crippen LogP) is 5.42. The Balaban J connectivity index is 1.92. The molecule has 3 aromatic carbocycles. The summed E-state index contributed by atoms with van der Waals surface area (Å²) < 4.78 is 13.8. The molecule has 0 atom stereocenters. The quantitative estimate of drug-likeness (QED) is 0.292. The number of benzene rings is 3. The number of phenolic OH excluding ortho intramolecular Hbond substituents is 1.